The lowest BCUT2D eigenvalue weighted by atomic mass is 9.80. The van der Waals surface area contributed by atoms with E-state index < -0.39 is 90.3 Å². The smallest absolute Gasteiger partial charge is 0.311 e. The number of ether oxygens (including phenoxy) is 7. The summed E-state index contributed by atoms with van der Waals surface area (Å²) in [5, 5.41) is 43.0. The number of aliphatic hydroxyl groups excluding tert-OH is 3. The van der Waals surface area contributed by atoms with Crippen molar-refractivity contribution in [3.8, 4) is 0 Å². The average molecular weight is 804 g/mol. The highest BCUT2D eigenvalue weighted by molar-refractivity contribution is 5.79. The van der Waals surface area contributed by atoms with Gasteiger partial charge in [0.25, 0.3) is 0 Å². The zero-order chi connectivity index (χ0) is 42.1. The van der Waals surface area contributed by atoms with Gasteiger partial charge in [0.2, 0.25) is 0 Å². The van der Waals surface area contributed by atoms with Crippen LogP contribution in [0.2, 0.25) is 0 Å². The maximum absolute atomic E-state index is 14.1. The fourth-order valence-corrected chi connectivity index (χ4v) is 8.50. The van der Waals surface area contributed by atoms with Gasteiger partial charge in [0.1, 0.15) is 29.2 Å². The molecule has 0 radical (unpaired) electrons. The van der Waals surface area contributed by atoms with E-state index in [1.807, 2.05) is 46.7 Å². The molecule has 0 aromatic carbocycles. The SMILES string of the molecule is CC[C@H]1OC(=O)[C@H](C)[C@@H](O[C@H]2C[C@@](C)(OC)[C@@H](OC(=O)CCCCCO)[C@H](C)O2)[C@H](C)[C@@H](O[C@@H]2O[C@H](C)C[C@H](N(C)C)[C@H]2O)[C@@H](C)CCC(=O)C[C@@H](O)[C@]1(C)O. The molecule has 3 aliphatic heterocycles. The number of methoxy groups -OCH3 is 1. The Morgan fingerprint density at radius 2 is 1.66 bits per heavy atom. The number of rotatable bonds is 13. The Bertz CT molecular complexity index is 1250. The van der Waals surface area contributed by atoms with Crippen LogP contribution in [0.5, 0.6) is 0 Å². The largest absolute Gasteiger partial charge is 0.459 e. The third kappa shape index (κ3) is 12.4. The Hall–Kier alpha value is -1.79. The van der Waals surface area contributed by atoms with Crippen molar-refractivity contribution >= 4 is 17.7 Å². The van der Waals surface area contributed by atoms with E-state index in [0.29, 0.717) is 32.1 Å². The van der Waals surface area contributed by atoms with E-state index in [2.05, 4.69) is 0 Å². The second-order valence-electron chi connectivity index (χ2n) is 17.2. The van der Waals surface area contributed by atoms with Gasteiger partial charge in [-0.2, -0.15) is 0 Å². The van der Waals surface area contributed by atoms with Gasteiger partial charge in [0, 0.05) is 51.4 Å². The van der Waals surface area contributed by atoms with E-state index >= 15 is 0 Å². The summed E-state index contributed by atoms with van der Waals surface area (Å²) < 4.78 is 43.9. The number of hydrogen-bond acceptors (Lipinski definition) is 15. The first-order chi connectivity index (χ1) is 26.2. The minimum atomic E-state index is -1.91. The van der Waals surface area contributed by atoms with Crippen LogP contribution in [0, 0.1) is 17.8 Å². The second-order valence-corrected chi connectivity index (χ2v) is 17.2. The van der Waals surface area contributed by atoms with Gasteiger partial charge in [-0.25, -0.2) is 0 Å². The monoisotopic (exact) mass is 804 g/mol. The number of ketones is 1. The lowest BCUT2D eigenvalue weighted by molar-refractivity contribution is -0.310. The quantitative estimate of drug-likeness (QED) is 0.156. The van der Waals surface area contributed by atoms with Crippen molar-refractivity contribution in [1.29, 1.82) is 0 Å². The van der Waals surface area contributed by atoms with E-state index in [-0.39, 0.29) is 62.6 Å². The molecule has 0 aliphatic carbocycles. The van der Waals surface area contributed by atoms with Crippen LogP contribution in [0.25, 0.3) is 0 Å². The predicted molar refractivity (Wildman–Crippen MR) is 205 cm³/mol. The molecule has 3 rings (SSSR count). The molecule has 15 heteroatoms. The highest BCUT2D eigenvalue weighted by atomic mass is 16.7. The molecule has 3 fully saturated rings. The summed E-state index contributed by atoms with van der Waals surface area (Å²) in [5.74, 6) is -3.27. The van der Waals surface area contributed by atoms with Gasteiger partial charge in [-0.05, 0) is 86.7 Å². The normalized spacial score (nSPS) is 42.2. The number of carbonyl (C=O) groups is 3. The number of Topliss-reactive ketones (excluding diaryl/α,β-unsaturated/α-hetero) is 1. The van der Waals surface area contributed by atoms with Gasteiger partial charge >= 0.3 is 11.9 Å². The zero-order valence-corrected chi connectivity index (χ0v) is 35.7. The maximum Gasteiger partial charge on any atom is 0.311 e. The first-order valence-corrected chi connectivity index (χ1v) is 20.6. The molecule has 3 saturated heterocycles. The van der Waals surface area contributed by atoms with Crippen molar-refractivity contribution < 1.29 is 68.0 Å². The van der Waals surface area contributed by atoms with Crippen molar-refractivity contribution in [2.45, 2.75) is 198 Å². The molecule has 0 bridgehead atoms. The fourth-order valence-electron chi connectivity index (χ4n) is 8.50. The highest BCUT2D eigenvalue weighted by Crippen LogP contribution is 2.39. The number of nitrogens with zero attached hydrogens (tertiary/aromatic N) is 1. The Morgan fingerprint density at radius 3 is 2.27 bits per heavy atom. The van der Waals surface area contributed by atoms with Gasteiger partial charge in [0.15, 0.2) is 18.7 Å². The zero-order valence-electron chi connectivity index (χ0n) is 35.7. The number of hydrogen-bond donors (Lipinski definition) is 4. The summed E-state index contributed by atoms with van der Waals surface area (Å²) in [6.45, 7) is 14.1. The standard InChI is InChI=1S/C41H73NO14/c1-12-31-41(8,49)30(45)21-28(44)18-17-23(2)35(56-39-34(47)29(42(9)10)20-24(3)51-39)25(4)36(26(5)38(48)53-31)55-33-22-40(7,50-11)37(27(6)52-33)54-32(46)16-14-13-15-19-43/h23-27,29-31,33-37,39,43,45,47,49H,12-22H2,1-11H3/t23-,24+,25+,26+,27-,29-,30+,31+,33-,34+,35-,36-,37-,39-,40+,41-/m0/s1. The number of carbonyl (C=O) groups excluding carboxylic acids is 3. The number of esters is 2. The summed E-state index contributed by atoms with van der Waals surface area (Å²) >= 11 is 0. The first kappa shape index (κ1) is 48.6. The molecule has 4 N–H and O–H groups in total. The van der Waals surface area contributed by atoms with Crippen LogP contribution in [-0.4, -0.2) is 150 Å². The predicted octanol–water partition coefficient (Wildman–Crippen LogP) is 3.28. The molecule has 0 aromatic rings. The Labute approximate surface area is 334 Å². The highest BCUT2D eigenvalue weighted by Gasteiger charge is 2.52. The topological polar surface area (TPSA) is 200 Å². The Morgan fingerprint density at radius 1 is 0.982 bits per heavy atom. The molecule has 3 heterocycles. The number of likely N-dealkylation sites (N-methyl/N-ethyl adjacent to an activating group) is 1. The van der Waals surface area contributed by atoms with Crippen LogP contribution in [0.3, 0.4) is 0 Å². The molecule has 15 nitrogen and oxygen atoms in total. The molecular weight excluding hydrogens is 730 g/mol. The average Bonchev–Trinajstić information content (AvgIpc) is 3.13. The van der Waals surface area contributed by atoms with Crippen LogP contribution in [0.1, 0.15) is 120 Å². The van der Waals surface area contributed by atoms with Crippen LogP contribution in [0.4, 0.5) is 0 Å². The summed E-state index contributed by atoms with van der Waals surface area (Å²) in [4.78, 5) is 42.2. The molecule has 3 aliphatic rings. The third-order valence-electron chi connectivity index (χ3n) is 12.3. The van der Waals surface area contributed by atoms with Crippen LogP contribution in [0.15, 0.2) is 0 Å². The molecule has 0 aromatic heterocycles. The lowest BCUT2D eigenvalue weighted by Crippen LogP contribution is -2.59. The van der Waals surface area contributed by atoms with Crippen molar-refractivity contribution in [2.24, 2.45) is 17.8 Å². The molecule has 0 unspecified atom stereocenters. The second kappa shape index (κ2) is 21.5. The number of aliphatic hydroxyl groups is 4. The lowest BCUT2D eigenvalue weighted by Gasteiger charge is -2.48. The van der Waals surface area contributed by atoms with E-state index in [4.69, 9.17) is 38.3 Å². The minimum Gasteiger partial charge on any atom is -0.459 e. The van der Waals surface area contributed by atoms with Crippen molar-refractivity contribution in [3.05, 3.63) is 0 Å². The van der Waals surface area contributed by atoms with Gasteiger partial charge in [0.05, 0.1) is 36.4 Å². The Balaban J connectivity index is 2.02. The summed E-state index contributed by atoms with van der Waals surface area (Å²) in [6, 6.07) is -0.248. The summed E-state index contributed by atoms with van der Waals surface area (Å²) in [5.41, 5.74) is -2.95. The van der Waals surface area contributed by atoms with Crippen molar-refractivity contribution in [3.63, 3.8) is 0 Å². The van der Waals surface area contributed by atoms with Gasteiger partial charge in [-0.15, -0.1) is 0 Å². The van der Waals surface area contributed by atoms with E-state index in [1.165, 1.54) is 14.0 Å². The van der Waals surface area contributed by atoms with Gasteiger partial charge < -0.3 is 58.5 Å². The third-order valence-corrected chi connectivity index (χ3v) is 12.3. The molecule has 326 valence electrons. The summed E-state index contributed by atoms with van der Waals surface area (Å²) in [6.07, 6.45) is -5.91. The molecule has 56 heavy (non-hydrogen) atoms. The maximum atomic E-state index is 14.1. The molecule has 0 spiro atoms. The number of unbranched alkanes of at least 4 members (excludes halogenated alkanes) is 2. The summed E-state index contributed by atoms with van der Waals surface area (Å²) in [7, 11) is 5.30. The van der Waals surface area contributed by atoms with E-state index in [9.17, 15) is 29.7 Å². The fraction of sp³-hybridized carbons (Fsp3) is 0.927. The molecule has 16 atom stereocenters. The van der Waals surface area contributed by atoms with Crippen molar-refractivity contribution in [2.75, 3.05) is 27.8 Å². The minimum absolute atomic E-state index is 0.0582. The molecular formula is C41H73NO14. The number of cyclic esters (lactones) is 1. The van der Waals surface area contributed by atoms with E-state index in [1.54, 1.807) is 20.8 Å². The van der Waals surface area contributed by atoms with Crippen molar-refractivity contribution in [1.82, 2.24) is 4.90 Å². The van der Waals surface area contributed by atoms with Crippen LogP contribution in [-0.2, 0) is 47.5 Å². The van der Waals surface area contributed by atoms with E-state index in [0.717, 1.165) is 0 Å². The van der Waals surface area contributed by atoms with Gasteiger partial charge in [-0.1, -0.05) is 27.2 Å². The molecule has 0 amide bonds. The van der Waals surface area contributed by atoms with Crippen LogP contribution < -0.4 is 0 Å². The molecule has 0 saturated carbocycles. The van der Waals surface area contributed by atoms with Crippen LogP contribution >= 0.6 is 0 Å². The first-order valence-electron chi connectivity index (χ1n) is 20.6. The Kier molecular flexibility index (Phi) is 18.6. The van der Waals surface area contributed by atoms with Gasteiger partial charge in [-0.3, -0.25) is 14.4 Å².